The lowest BCUT2D eigenvalue weighted by atomic mass is 10.3. The van der Waals surface area contributed by atoms with E-state index in [-0.39, 0.29) is 5.91 Å². The average molecular weight is 252 g/mol. The maximum Gasteiger partial charge on any atom is 0.221 e. The number of carbonyl (C=O) groups is 1. The molecule has 0 atom stereocenters. The fourth-order valence-corrected chi connectivity index (χ4v) is 2.71. The highest BCUT2D eigenvalue weighted by Crippen LogP contribution is 2.24. The van der Waals surface area contributed by atoms with Gasteiger partial charge in [-0.3, -0.25) is 4.79 Å². The summed E-state index contributed by atoms with van der Waals surface area (Å²) >= 11 is 3.30. The van der Waals surface area contributed by atoms with Crippen LogP contribution in [0.5, 0.6) is 0 Å². The van der Waals surface area contributed by atoms with Crippen molar-refractivity contribution in [2.24, 2.45) is 0 Å². The van der Waals surface area contributed by atoms with Gasteiger partial charge in [-0.25, -0.2) is 0 Å². The van der Waals surface area contributed by atoms with Gasteiger partial charge in [-0.2, -0.15) is 11.3 Å². The van der Waals surface area contributed by atoms with Gasteiger partial charge in [0.2, 0.25) is 5.91 Å². The molecule has 0 aliphatic rings. The summed E-state index contributed by atoms with van der Waals surface area (Å²) in [5, 5.41) is 12.2. The van der Waals surface area contributed by atoms with Gasteiger partial charge in [0.25, 0.3) is 0 Å². The van der Waals surface area contributed by atoms with Crippen LogP contribution in [0.1, 0.15) is 11.8 Å². The summed E-state index contributed by atoms with van der Waals surface area (Å²) in [7, 11) is 0. The monoisotopic (exact) mass is 252 g/mol. The number of rotatable bonds is 4. The van der Waals surface area contributed by atoms with Gasteiger partial charge in [0.15, 0.2) is 0 Å². The van der Waals surface area contributed by atoms with E-state index in [2.05, 4.69) is 16.0 Å². The van der Waals surface area contributed by atoms with E-state index in [1.807, 2.05) is 22.9 Å². The second kappa shape index (κ2) is 5.14. The molecule has 2 aromatic rings. The Balaban J connectivity index is 1.99. The van der Waals surface area contributed by atoms with Gasteiger partial charge >= 0.3 is 0 Å². The third kappa shape index (κ3) is 2.84. The smallest absolute Gasteiger partial charge is 0.221 e. The van der Waals surface area contributed by atoms with Crippen LogP contribution in [0.15, 0.2) is 28.3 Å². The van der Waals surface area contributed by atoms with Gasteiger partial charge in [0.05, 0.1) is 12.2 Å². The molecule has 2 rings (SSSR count). The molecule has 0 aliphatic heterocycles. The Labute approximate surface area is 102 Å². The summed E-state index contributed by atoms with van der Waals surface area (Å²) in [5.41, 5.74) is 2.02. The molecule has 84 valence electrons. The molecule has 0 spiro atoms. The zero-order chi connectivity index (χ0) is 11.4. The second-order valence-electron chi connectivity index (χ2n) is 3.30. The van der Waals surface area contributed by atoms with Crippen molar-refractivity contribution in [2.75, 3.05) is 10.6 Å². The number of nitrogens with one attached hydrogen (secondary N) is 2. The lowest BCUT2D eigenvalue weighted by Gasteiger charge is -2.05. The number of hydrogen-bond acceptors (Lipinski definition) is 4. The van der Waals surface area contributed by atoms with Crippen molar-refractivity contribution in [1.82, 2.24) is 0 Å². The molecule has 2 heterocycles. The molecule has 3 nitrogen and oxygen atoms in total. The Kier molecular flexibility index (Phi) is 3.58. The van der Waals surface area contributed by atoms with E-state index in [0.717, 1.165) is 22.8 Å². The minimum atomic E-state index is -0.0322. The first-order valence-electron chi connectivity index (χ1n) is 4.86. The summed E-state index contributed by atoms with van der Waals surface area (Å²) in [6, 6.07) is 3.97. The van der Waals surface area contributed by atoms with Crippen LogP contribution >= 0.6 is 22.7 Å². The predicted molar refractivity (Wildman–Crippen MR) is 70.3 cm³/mol. The molecule has 16 heavy (non-hydrogen) atoms. The Morgan fingerprint density at radius 1 is 1.38 bits per heavy atom. The molecule has 0 saturated heterocycles. The third-order valence-corrected chi connectivity index (χ3v) is 3.63. The van der Waals surface area contributed by atoms with Gasteiger partial charge in [-0.05, 0) is 22.9 Å². The minimum absolute atomic E-state index is 0.0322. The largest absolute Gasteiger partial charge is 0.379 e. The Morgan fingerprint density at radius 2 is 2.25 bits per heavy atom. The van der Waals surface area contributed by atoms with Crippen LogP contribution in [0.2, 0.25) is 0 Å². The van der Waals surface area contributed by atoms with Crippen molar-refractivity contribution in [2.45, 2.75) is 13.5 Å². The maximum atomic E-state index is 11.0. The van der Waals surface area contributed by atoms with E-state index < -0.39 is 0 Å². The number of thiophene rings is 2. The number of hydrogen-bond donors (Lipinski definition) is 2. The van der Waals surface area contributed by atoms with E-state index in [4.69, 9.17) is 0 Å². The molecule has 0 aliphatic carbocycles. The van der Waals surface area contributed by atoms with Crippen LogP contribution < -0.4 is 10.6 Å². The van der Waals surface area contributed by atoms with Gasteiger partial charge in [0, 0.05) is 22.9 Å². The molecule has 5 heteroatoms. The molecule has 1 amide bonds. The quantitative estimate of drug-likeness (QED) is 0.876. The normalized spacial score (nSPS) is 10.1. The third-order valence-electron chi connectivity index (χ3n) is 2.03. The molecular formula is C11H12N2OS2. The van der Waals surface area contributed by atoms with Gasteiger partial charge in [-0.1, -0.05) is 0 Å². The summed E-state index contributed by atoms with van der Waals surface area (Å²) in [4.78, 5) is 12.1. The van der Waals surface area contributed by atoms with Gasteiger partial charge < -0.3 is 10.6 Å². The zero-order valence-corrected chi connectivity index (χ0v) is 10.5. The fourth-order valence-electron chi connectivity index (χ4n) is 1.33. The standard InChI is InChI=1S/C11H12N2OS2/c1-8(14)13-10-3-5-16-11(10)6-12-9-2-4-15-7-9/h2-5,7,12H,6H2,1H3,(H,13,14). The Hall–Kier alpha value is -1.33. The highest BCUT2D eigenvalue weighted by atomic mass is 32.1. The summed E-state index contributed by atoms with van der Waals surface area (Å²) in [6.45, 7) is 2.26. The van der Waals surface area contributed by atoms with E-state index in [1.165, 1.54) is 6.92 Å². The van der Waals surface area contributed by atoms with Gasteiger partial charge in [0.1, 0.15) is 0 Å². The van der Waals surface area contributed by atoms with Gasteiger partial charge in [-0.15, -0.1) is 11.3 Å². The molecule has 2 N–H and O–H groups in total. The Bertz CT molecular complexity index is 462. The van der Waals surface area contributed by atoms with Crippen LogP contribution in [0, 0.1) is 0 Å². The van der Waals surface area contributed by atoms with Crippen LogP contribution in [-0.4, -0.2) is 5.91 Å². The molecule has 0 bridgehead atoms. The molecule has 0 saturated carbocycles. The predicted octanol–water partition coefficient (Wildman–Crippen LogP) is 3.38. The van der Waals surface area contributed by atoms with E-state index in [0.29, 0.717) is 0 Å². The molecule has 2 aromatic heterocycles. The average Bonchev–Trinajstić information content (AvgIpc) is 2.84. The lowest BCUT2D eigenvalue weighted by Crippen LogP contribution is -2.07. The number of amides is 1. The molecule has 0 aromatic carbocycles. The van der Waals surface area contributed by atoms with Crippen molar-refractivity contribution in [3.05, 3.63) is 33.2 Å². The van der Waals surface area contributed by atoms with Crippen LogP contribution in [0.4, 0.5) is 11.4 Å². The first-order chi connectivity index (χ1) is 7.75. The second-order valence-corrected chi connectivity index (χ2v) is 5.08. The topological polar surface area (TPSA) is 41.1 Å². The lowest BCUT2D eigenvalue weighted by molar-refractivity contribution is -0.114. The van der Waals surface area contributed by atoms with Crippen molar-refractivity contribution < 1.29 is 4.79 Å². The number of anilines is 2. The summed E-state index contributed by atoms with van der Waals surface area (Å²) in [5.74, 6) is -0.0322. The van der Waals surface area contributed by atoms with E-state index in [1.54, 1.807) is 22.7 Å². The minimum Gasteiger partial charge on any atom is -0.379 e. The number of carbonyl (C=O) groups excluding carboxylic acids is 1. The Morgan fingerprint density at radius 3 is 2.94 bits per heavy atom. The molecular weight excluding hydrogens is 240 g/mol. The maximum absolute atomic E-state index is 11.0. The highest BCUT2D eigenvalue weighted by molar-refractivity contribution is 7.10. The fraction of sp³-hybridized carbons (Fsp3) is 0.182. The highest BCUT2D eigenvalue weighted by Gasteiger charge is 2.05. The first-order valence-corrected chi connectivity index (χ1v) is 6.68. The van der Waals surface area contributed by atoms with Crippen molar-refractivity contribution >= 4 is 40.0 Å². The van der Waals surface area contributed by atoms with Crippen LogP contribution in [0.3, 0.4) is 0 Å². The van der Waals surface area contributed by atoms with Crippen molar-refractivity contribution in [3.63, 3.8) is 0 Å². The van der Waals surface area contributed by atoms with Crippen LogP contribution in [-0.2, 0) is 11.3 Å². The van der Waals surface area contributed by atoms with Crippen LogP contribution in [0.25, 0.3) is 0 Å². The molecule has 0 fully saturated rings. The molecule has 0 unspecified atom stereocenters. The summed E-state index contributed by atoms with van der Waals surface area (Å²) < 4.78 is 0. The first kappa shape index (κ1) is 11.2. The van der Waals surface area contributed by atoms with Crippen molar-refractivity contribution in [1.29, 1.82) is 0 Å². The SMILES string of the molecule is CC(=O)Nc1ccsc1CNc1ccsc1. The van der Waals surface area contributed by atoms with E-state index >= 15 is 0 Å². The van der Waals surface area contributed by atoms with E-state index in [9.17, 15) is 4.79 Å². The summed E-state index contributed by atoms with van der Waals surface area (Å²) in [6.07, 6.45) is 0. The zero-order valence-electron chi connectivity index (χ0n) is 8.82. The van der Waals surface area contributed by atoms with Crippen molar-refractivity contribution in [3.8, 4) is 0 Å². The molecule has 0 radical (unpaired) electrons.